The highest BCUT2D eigenvalue weighted by Crippen LogP contribution is 2.40. The predicted octanol–water partition coefficient (Wildman–Crippen LogP) is 19.7. The lowest BCUT2D eigenvalue weighted by molar-refractivity contribution is 0.534. The second-order valence-corrected chi connectivity index (χ2v) is 22.1. The fourth-order valence-corrected chi connectivity index (χ4v) is 13.4. The van der Waals surface area contributed by atoms with Crippen molar-refractivity contribution in [3.05, 3.63) is 0 Å². The molecule has 0 aliphatic heterocycles. The third kappa shape index (κ3) is 38.6. The fourth-order valence-electron chi connectivity index (χ4n) is 8.69. The second kappa shape index (κ2) is 45.1. The molecule has 1 fully saturated rings. The Morgan fingerprint density at radius 2 is 0.370 bits per heavy atom. The molecule has 3 heteroatoms. The van der Waals surface area contributed by atoms with Gasteiger partial charge in [-0.15, -0.1) is 0 Å². The van der Waals surface area contributed by atoms with Crippen molar-refractivity contribution in [3.63, 3.8) is 0 Å². The summed E-state index contributed by atoms with van der Waals surface area (Å²) in [5.41, 5.74) is 0. The normalized spacial score (nSPS) is 17.5. The Bertz CT molecular complexity index is 585. The van der Waals surface area contributed by atoms with Gasteiger partial charge in [0.05, 0.1) is 0 Å². The van der Waals surface area contributed by atoms with Crippen molar-refractivity contribution in [2.45, 2.75) is 306 Å². The summed E-state index contributed by atoms with van der Waals surface area (Å²) in [7, 11) is 0. The molecule has 0 bridgehead atoms. The molecule has 0 saturated heterocycles. The van der Waals surface area contributed by atoms with Crippen molar-refractivity contribution >= 4 is 35.3 Å². The first-order valence-electron chi connectivity index (χ1n) is 25.6. The summed E-state index contributed by atoms with van der Waals surface area (Å²) in [6.07, 6.45) is 61.8. The maximum atomic E-state index is 2.39. The molecule has 0 heterocycles. The lowest BCUT2D eigenvalue weighted by atomic mass is 9.99. The summed E-state index contributed by atoms with van der Waals surface area (Å²) in [5.74, 6) is 4.28. The van der Waals surface area contributed by atoms with Gasteiger partial charge in [-0.05, 0) is 55.8 Å². The van der Waals surface area contributed by atoms with E-state index in [1.54, 1.807) is 0 Å². The van der Waals surface area contributed by atoms with Gasteiger partial charge in [-0.1, -0.05) is 252 Å². The molecule has 0 amide bonds. The van der Waals surface area contributed by atoms with Gasteiger partial charge < -0.3 is 0 Å². The third-order valence-electron chi connectivity index (χ3n) is 12.4. The minimum absolute atomic E-state index is 0.935. The topological polar surface area (TPSA) is 0 Å². The molecule has 0 N–H and O–H groups in total. The van der Waals surface area contributed by atoms with Gasteiger partial charge in [-0.3, -0.25) is 0 Å². The van der Waals surface area contributed by atoms with Crippen molar-refractivity contribution in [2.75, 3.05) is 17.3 Å². The Hall–Kier alpha value is 1.05. The molecule has 0 radical (unpaired) electrons. The molecule has 1 saturated carbocycles. The molecule has 0 atom stereocenters. The van der Waals surface area contributed by atoms with Crippen LogP contribution in [0.5, 0.6) is 0 Å². The average Bonchev–Trinajstić information content (AvgIpc) is 3.18. The molecule has 0 spiro atoms. The van der Waals surface area contributed by atoms with Gasteiger partial charge in [0.2, 0.25) is 0 Å². The lowest BCUT2D eigenvalue weighted by Gasteiger charge is -2.34. The van der Waals surface area contributed by atoms with Crippen LogP contribution in [0.3, 0.4) is 0 Å². The molecule has 0 aromatic rings. The van der Waals surface area contributed by atoms with E-state index in [1.807, 2.05) is 0 Å². The van der Waals surface area contributed by atoms with E-state index in [-0.39, 0.29) is 0 Å². The Morgan fingerprint density at radius 3 is 0.537 bits per heavy atom. The smallest absolute Gasteiger partial charge is 0.00681 e. The minimum atomic E-state index is 0.935. The van der Waals surface area contributed by atoms with Crippen molar-refractivity contribution < 1.29 is 0 Å². The summed E-state index contributed by atoms with van der Waals surface area (Å²) in [5, 5.41) is 2.80. The maximum absolute atomic E-state index is 2.39. The van der Waals surface area contributed by atoms with Gasteiger partial charge in [0.1, 0.15) is 0 Å². The van der Waals surface area contributed by atoms with E-state index in [2.05, 4.69) is 56.1 Å². The Kier molecular flexibility index (Phi) is 44.4. The Labute approximate surface area is 356 Å². The average molecular weight is 812 g/mol. The van der Waals surface area contributed by atoms with Crippen LogP contribution in [0.25, 0.3) is 0 Å². The molecule has 324 valence electrons. The summed E-state index contributed by atoms with van der Waals surface area (Å²) in [6, 6.07) is 0. The first kappa shape index (κ1) is 53.1. The maximum Gasteiger partial charge on any atom is 0.00681 e. The van der Waals surface area contributed by atoms with Crippen LogP contribution in [-0.2, 0) is 0 Å². The van der Waals surface area contributed by atoms with Crippen molar-refractivity contribution in [2.24, 2.45) is 0 Å². The first-order chi connectivity index (χ1) is 26.8. The molecule has 1 aliphatic rings. The van der Waals surface area contributed by atoms with Gasteiger partial charge in [-0.2, -0.15) is 35.3 Å². The van der Waals surface area contributed by atoms with Gasteiger partial charge >= 0.3 is 0 Å². The van der Waals surface area contributed by atoms with E-state index >= 15 is 0 Å². The molecule has 54 heavy (non-hydrogen) atoms. The summed E-state index contributed by atoms with van der Waals surface area (Å²) >= 11 is 7.16. The van der Waals surface area contributed by atoms with Crippen LogP contribution in [0.4, 0.5) is 0 Å². The molecular formula is C51H102S3. The Morgan fingerprint density at radius 1 is 0.222 bits per heavy atom. The van der Waals surface area contributed by atoms with Gasteiger partial charge in [-0.25, -0.2) is 0 Å². The van der Waals surface area contributed by atoms with Crippen molar-refractivity contribution in [3.8, 4) is 0 Å². The summed E-state index contributed by atoms with van der Waals surface area (Å²) < 4.78 is 0. The second-order valence-electron chi connectivity index (χ2n) is 17.9. The molecule has 1 aliphatic carbocycles. The minimum Gasteiger partial charge on any atom is -0.159 e. The molecule has 0 aromatic heterocycles. The number of unbranched alkanes of at least 4 members (excludes halogenated alkanes) is 36. The highest BCUT2D eigenvalue weighted by Gasteiger charge is 2.29. The number of rotatable bonds is 45. The number of thioether (sulfide) groups is 3. The zero-order valence-electron chi connectivity index (χ0n) is 37.8. The lowest BCUT2D eigenvalue weighted by Crippen LogP contribution is -2.29. The van der Waals surface area contributed by atoms with Crippen LogP contribution < -0.4 is 0 Å². The fraction of sp³-hybridized carbons (Fsp3) is 1.00. The SMILES string of the molecule is CCCCCCCCCCCCCCCSC1CC(SCCCCCCCCCCCCCCC)CC(SCCCCCCCCCCCCCCC)C1. The standard InChI is InChI=1S/C51H102S3/c1-4-7-10-13-16-19-22-25-28-31-34-37-40-43-52-49-46-50(53-44-41-38-35-32-29-26-23-20-17-14-11-8-5-2)48-51(47-49)54-45-42-39-36-33-30-27-24-21-18-15-12-9-6-3/h49-51H,4-48H2,1-3H3. The third-order valence-corrected chi connectivity index (χ3v) is 16.5. The summed E-state index contributed by atoms with van der Waals surface area (Å²) in [4.78, 5) is 0. The van der Waals surface area contributed by atoms with Crippen LogP contribution in [0.2, 0.25) is 0 Å². The van der Waals surface area contributed by atoms with Crippen molar-refractivity contribution in [1.82, 2.24) is 0 Å². The Balaban J connectivity index is 2.20. The van der Waals surface area contributed by atoms with Gasteiger partial charge in [0.15, 0.2) is 0 Å². The van der Waals surface area contributed by atoms with Gasteiger partial charge in [0.25, 0.3) is 0 Å². The summed E-state index contributed by atoms with van der Waals surface area (Å²) in [6.45, 7) is 6.97. The number of hydrogen-bond acceptors (Lipinski definition) is 3. The van der Waals surface area contributed by atoms with Gasteiger partial charge in [0, 0.05) is 15.7 Å². The van der Waals surface area contributed by atoms with Crippen molar-refractivity contribution in [1.29, 1.82) is 0 Å². The van der Waals surface area contributed by atoms with E-state index in [0.29, 0.717) is 0 Å². The largest absolute Gasteiger partial charge is 0.159 e. The molecule has 0 aromatic carbocycles. The van der Waals surface area contributed by atoms with E-state index in [9.17, 15) is 0 Å². The van der Waals surface area contributed by atoms with E-state index in [0.717, 1.165) is 15.7 Å². The van der Waals surface area contributed by atoms with Crippen LogP contribution in [-0.4, -0.2) is 33.0 Å². The molecular weight excluding hydrogens is 709 g/mol. The molecule has 1 rings (SSSR count). The highest BCUT2D eigenvalue weighted by molar-refractivity contribution is 8.01. The highest BCUT2D eigenvalue weighted by atomic mass is 32.2. The number of hydrogen-bond donors (Lipinski definition) is 0. The van der Waals surface area contributed by atoms with E-state index < -0.39 is 0 Å². The van der Waals surface area contributed by atoms with Crippen LogP contribution in [0.15, 0.2) is 0 Å². The van der Waals surface area contributed by atoms with Crippen LogP contribution in [0.1, 0.15) is 290 Å². The predicted molar refractivity (Wildman–Crippen MR) is 260 cm³/mol. The zero-order chi connectivity index (χ0) is 38.7. The van der Waals surface area contributed by atoms with E-state index in [4.69, 9.17) is 0 Å². The monoisotopic (exact) mass is 811 g/mol. The van der Waals surface area contributed by atoms with Crippen LogP contribution >= 0.6 is 35.3 Å². The molecule has 0 nitrogen and oxygen atoms in total. The molecule has 0 unspecified atom stereocenters. The quantitative estimate of drug-likeness (QED) is 0.0562. The van der Waals surface area contributed by atoms with Crippen LogP contribution in [0, 0.1) is 0 Å². The van der Waals surface area contributed by atoms with E-state index in [1.165, 1.54) is 287 Å². The zero-order valence-corrected chi connectivity index (χ0v) is 40.2. The first-order valence-corrected chi connectivity index (χ1v) is 28.8.